The van der Waals surface area contributed by atoms with Gasteiger partial charge in [0.25, 0.3) is 0 Å². The van der Waals surface area contributed by atoms with Crippen molar-refractivity contribution in [3.8, 4) is 11.4 Å². The molecule has 5 nitrogen and oxygen atoms in total. The van der Waals surface area contributed by atoms with Gasteiger partial charge in [-0.1, -0.05) is 12.1 Å². The summed E-state index contributed by atoms with van der Waals surface area (Å²) in [5.74, 6) is 1.59. The maximum atomic E-state index is 5.76. The first kappa shape index (κ1) is 12.7. The number of aryl methyl sites for hydroxylation is 1. The number of nitrogens with one attached hydrogen (secondary N) is 1. The molecule has 0 fully saturated rings. The van der Waals surface area contributed by atoms with Crippen LogP contribution in [0.2, 0.25) is 5.22 Å². The molecule has 0 aliphatic heterocycles. The smallest absolute Gasteiger partial charge is 0.193 e. The van der Waals surface area contributed by atoms with Gasteiger partial charge >= 0.3 is 0 Å². The molecule has 0 spiro atoms. The lowest BCUT2D eigenvalue weighted by atomic mass is 10.1. The van der Waals surface area contributed by atoms with Crippen LogP contribution in [-0.4, -0.2) is 14.8 Å². The zero-order valence-corrected chi connectivity index (χ0v) is 11.6. The van der Waals surface area contributed by atoms with Gasteiger partial charge in [-0.2, -0.15) is 0 Å². The minimum absolute atomic E-state index is 0.392. The maximum absolute atomic E-state index is 5.76. The van der Waals surface area contributed by atoms with Gasteiger partial charge in [-0.3, -0.25) is 0 Å². The van der Waals surface area contributed by atoms with Crippen molar-refractivity contribution in [2.24, 2.45) is 7.05 Å². The van der Waals surface area contributed by atoms with Gasteiger partial charge in [-0.25, -0.2) is 0 Å². The standard InChI is InChI=1S/C14H13ClN4O/c1-19-9-17-18-14(19)11-4-2-3-5-12(11)16-8-10-6-7-13(15)20-10/h2-7,9,16H,8H2,1H3. The highest BCUT2D eigenvalue weighted by Crippen LogP contribution is 2.26. The van der Waals surface area contributed by atoms with E-state index < -0.39 is 0 Å². The second kappa shape index (κ2) is 5.38. The van der Waals surface area contributed by atoms with Crippen LogP contribution in [0.1, 0.15) is 5.76 Å². The van der Waals surface area contributed by atoms with Crippen LogP contribution in [0.3, 0.4) is 0 Å². The minimum Gasteiger partial charge on any atom is -0.448 e. The van der Waals surface area contributed by atoms with Crippen molar-refractivity contribution in [1.29, 1.82) is 0 Å². The average Bonchev–Trinajstić information content (AvgIpc) is 3.05. The molecule has 0 saturated heterocycles. The second-order valence-electron chi connectivity index (χ2n) is 4.37. The molecule has 1 aromatic carbocycles. The van der Waals surface area contributed by atoms with Crippen molar-refractivity contribution in [3.05, 3.63) is 53.7 Å². The van der Waals surface area contributed by atoms with E-state index in [4.69, 9.17) is 16.0 Å². The molecule has 0 amide bonds. The van der Waals surface area contributed by atoms with Gasteiger partial charge in [-0.15, -0.1) is 10.2 Å². The van der Waals surface area contributed by atoms with E-state index in [9.17, 15) is 0 Å². The van der Waals surface area contributed by atoms with Crippen molar-refractivity contribution in [1.82, 2.24) is 14.8 Å². The molecular formula is C14H13ClN4O. The lowest BCUT2D eigenvalue weighted by Gasteiger charge is -2.10. The Morgan fingerprint density at radius 3 is 2.80 bits per heavy atom. The Morgan fingerprint density at radius 1 is 1.25 bits per heavy atom. The molecule has 1 N–H and O–H groups in total. The molecular weight excluding hydrogens is 276 g/mol. The first-order valence-electron chi connectivity index (χ1n) is 6.15. The summed E-state index contributed by atoms with van der Waals surface area (Å²) >= 11 is 5.76. The van der Waals surface area contributed by atoms with Gasteiger partial charge in [0.2, 0.25) is 0 Å². The lowest BCUT2D eigenvalue weighted by Crippen LogP contribution is -2.01. The Labute approximate surface area is 121 Å². The molecule has 0 radical (unpaired) electrons. The normalized spacial score (nSPS) is 10.7. The molecule has 3 aromatic rings. The van der Waals surface area contributed by atoms with Gasteiger partial charge in [0.05, 0.1) is 6.54 Å². The van der Waals surface area contributed by atoms with E-state index in [1.165, 1.54) is 0 Å². The number of hydrogen-bond acceptors (Lipinski definition) is 4. The number of nitrogens with zero attached hydrogens (tertiary/aromatic N) is 3. The maximum Gasteiger partial charge on any atom is 0.193 e. The molecule has 0 aliphatic rings. The number of halogens is 1. The van der Waals surface area contributed by atoms with E-state index >= 15 is 0 Å². The SMILES string of the molecule is Cn1cnnc1-c1ccccc1NCc1ccc(Cl)o1. The van der Waals surface area contributed by atoms with Crippen LogP contribution in [0.5, 0.6) is 0 Å². The molecule has 0 aliphatic carbocycles. The number of aromatic nitrogens is 3. The predicted octanol–water partition coefficient (Wildman–Crippen LogP) is 3.34. The Balaban J connectivity index is 1.85. The van der Waals surface area contributed by atoms with Crippen LogP contribution in [0.4, 0.5) is 5.69 Å². The average molecular weight is 289 g/mol. The molecule has 0 atom stereocenters. The highest BCUT2D eigenvalue weighted by molar-refractivity contribution is 6.28. The summed E-state index contributed by atoms with van der Waals surface area (Å²) in [5.41, 5.74) is 1.96. The quantitative estimate of drug-likeness (QED) is 0.800. The summed E-state index contributed by atoms with van der Waals surface area (Å²) in [7, 11) is 1.92. The van der Waals surface area contributed by atoms with E-state index in [1.807, 2.05) is 41.9 Å². The Kier molecular flexibility index (Phi) is 3.43. The van der Waals surface area contributed by atoms with Crippen LogP contribution in [0.15, 0.2) is 47.1 Å². The third-order valence-corrected chi connectivity index (χ3v) is 3.16. The van der Waals surface area contributed by atoms with E-state index in [0.29, 0.717) is 11.8 Å². The Morgan fingerprint density at radius 2 is 2.10 bits per heavy atom. The zero-order chi connectivity index (χ0) is 13.9. The predicted molar refractivity (Wildman–Crippen MR) is 77.5 cm³/mol. The van der Waals surface area contributed by atoms with Crippen molar-refractivity contribution >= 4 is 17.3 Å². The number of furan rings is 1. The fourth-order valence-corrected chi connectivity index (χ4v) is 2.15. The minimum atomic E-state index is 0.392. The summed E-state index contributed by atoms with van der Waals surface area (Å²) in [4.78, 5) is 0. The molecule has 6 heteroatoms. The fourth-order valence-electron chi connectivity index (χ4n) is 1.99. The number of hydrogen-bond donors (Lipinski definition) is 1. The van der Waals surface area contributed by atoms with Gasteiger partial charge in [0.15, 0.2) is 11.0 Å². The van der Waals surface area contributed by atoms with Crippen molar-refractivity contribution in [2.75, 3.05) is 5.32 Å². The summed E-state index contributed by atoms with van der Waals surface area (Å²) in [6.45, 7) is 0.557. The number of rotatable bonds is 4. The highest BCUT2D eigenvalue weighted by Gasteiger charge is 2.10. The van der Waals surface area contributed by atoms with Crippen molar-refractivity contribution in [2.45, 2.75) is 6.54 Å². The first-order valence-corrected chi connectivity index (χ1v) is 6.53. The number of benzene rings is 1. The molecule has 0 bridgehead atoms. The summed E-state index contributed by atoms with van der Waals surface area (Å²) in [6, 6.07) is 11.5. The van der Waals surface area contributed by atoms with Crippen LogP contribution >= 0.6 is 11.6 Å². The summed E-state index contributed by atoms with van der Waals surface area (Å²) in [6.07, 6.45) is 1.68. The lowest BCUT2D eigenvalue weighted by molar-refractivity contribution is 0.520. The van der Waals surface area contributed by atoms with Gasteiger partial charge < -0.3 is 14.3 Å². The highest BCUT2D eigenvalue weighted by atomic mass is 35.5. The molecule has 102 valence electrons. The summed E-state index contributed by atoms with van der Waals surface area (Å²) < 4.78 is 7.21. The van der Waals surface area contributed by atoms with Gasteiger partial charge in [0, 0.05) is 18.3 Å². The Hall–Kier alpha value is -2.27. The molecule has 2 heterocycles. The first-order chi connectivity index (χ1) is 9.74. The Bertz CT molecular complexity index is 719. The topological polar surface area (TPSA) is 55.9 Å². The number of para-hydroxylation sites is 1. The summed E-state index contributed by atoms with van der Waals surface area (Å²) in [5, 5.41) is 11.8. The van der Waals surface area contributed by atoms with E-state index in [2.05, 4.69) is 15.5 Å². The third-order valence-electron chi connectivity index (χ3n) is 2.96. The fraction of sp³-hybridized carbons (Fsp3) is 0.143. The molecule has 0 saturated carbocycles. The van der Waals surface area contributed by atoms with Crippen molar-refractivity contribution in [3.63, 3.8) is 0 Å². The van der Waals surface area contributed by atoms with E-state index in [0.717, 1.165) is 22.8 Å². The molecule has 20 heavy (non-hydrogen) atoms. The molecule has 3 rings (SSSR count). The van der Waals surface area contributed by atoms with Crippen LogP contribution < -0.4 is 5.32 Å². The van der Waals surface area contributed by atoms with Crippen LogP contribution in [0, 0.1) is 0 Å². The van der Waals surface area contributed by atoms with E-state index in [-0.39, 0.29) is 0 Å². The zero-order valence-electron chi connectivity index (χ0n) is 10.9. The largest absolute Gasteiger partial charge is 0.448 e. The van der Waals surface area contributed by atoms with E-state index in [1.54, 1.807) is 12.4 Å². The molecule has 2 aromatic heterocycles. The van der Waals surface area contributed by atoms with Crippen molar-refractivity contribution < 1.29 is 4.42 Å². The number of anilines is 1. The van der Waals surface area contributed by atoms with Gasteiger partial charge in [-0.05, 0) is 35.9 Å². The van der Waals surface area contributed by atoms with Crippen LogP contribution in [-0.2, 0) is 13.6 Å². The molecule has 0 unspecified atom stereocenters. The van der Waals surface area contributed by atoms with Gasteiger partial charge in [0.1, 0.15) is 12.1 Å². The van der Waals surface area contributed by atoms with Crippen LogP contribution in [0.25, 0.3) is 11.4 Å². The monoisotopic (exact) mass is 288 g/mol. The second-order valence-corrected chi connectivity index (χ2v) is 4.74. The third kappa shape index (κ3) is 2.53.